The molecule has 1 N–H and O–H groups in total. The number of aromatic nitrogens is 2. The van der Waals surface area contributed by atoms with E-state index in [1.165, 1.54) is 0 Å². The van der Waals surface area contributed by atoms with Gasteiger partial charge in [0.1, 0.15) is 5.03 Å². The highest BCUT2D eigenvalue weighted by molar-refractivity contribution is 7.99. The number of halogens is 1. The van der Waals surface area contributed by atoms with Crippen molar-refractivity contribution in [2.75, 3.05) is 6.54 Å². The Morgan fingerprint density at radius 1 is 1.39 bits per heavy atom. The molecule has 0 aliphatic rings. The molecule has 0 amide bonds. The van der Waals surface area contributed by atoms with E-state index in [2.05, 4.69) is 18.0 Å². The van der Waals surface area contributed by atoms with Gasteiger partial charge in [-0.2, -0.15) is 0 Å². The quantitative estimate of drug-likeness (QED) is 0.559. The molecule has 0 atom stereocenters. The maximum atomic E-state index is 12.8. The third-order valence-electron chi connectivity index (χ3n) is 4.22. The second kappa shape index (κ2) is 10.6. The standard InChI is InChI=1S/C22H28ClN3OS/c1-6-9-17(10-7-2)14-24-15-20-21(26(16(3)4)22(27)25(20)5)28-19-12-8-11-18(23)13-19/h6-13,16,24H,1,14-15H2,2-5H3/b10-7-,17-9+. The summed E-state index contributed by atoms with van der Waals surface area (Å²) in [7, 11) is 1.83. The van der Waals surface area contributed by atoms with E-state index in [0.29, 0.717) is 18.1 Å². The molecule has 150 valence electrons. The zero-order chi connectivity index (χ0) is 20.7. The van der Waals surface area contributed by atoms with Gasteiger partial charge in [-0.05, 0) is 44.5 Å². The molecular weight excluding hydrogens is 390 g/mol. The summed E-state index contributed by atoms with van der Waals surface area (Å²) < 4.78 is 3.57. The van der Waals surface area contributed by atoms with Crippen molar-refractivity contribution in [3.05, 3.63) is 81.9 Å². The minimum absolute atomic E-state index is 0.00774. The van der Waals surface area contributed by atoms with E-state index >= 15 is 0 Å². The summed E-state index contributed by atoms with van der Waals surface area (Å²) in [5.41, 5.74) is 2.09. The van der Waals surface area contributed by atoms with Gasteiger partial charge in [-0.15, -0.1) is 0 Å². The van der Waals surface area contributed by atoms with E-state index in [9.17, 15) is 4.79 Å². The lowest BCUT2D eigenvalue weighted by Crippen LogP contribution is -2.25. The number of nitrogens with one attached hydrogen (secondary N) is 1. The van der Waals surface area contributed by atoms with Crippen LogP contribution in [0.2, 0.25) is 5.02 Å². The Morgan fingerprint density at radius 2 is 2.14 bits per heavy atom. The highest BCUT2D eigenvalue weighted by Crippen LogP contribution is 2.33. The van der Waals surface area contributed by atoms with Gasteiger partial charge >= 0.3 is 5.69 Å². The molecule has 4 nitrogen and oxygen atoms in total. The van der Waals surface area contributed by atoms with Crippen molar-refractivity contribution < 1.29 is 0 Å². The van der Waals surface area contributed by atoms with E-state index in [1.54, 1.807) is 22.4 Å². The normalized spacial score (nSPS) is 12.3. The van der Waals surface area contributed by atoms with Gasteiger partial charge in [-0.3, -0.25) is 9.13 Å². The van der Waals surface area contributed by atoms with Crippen molar-refractivity contribution in [2.24, 2.45) is 7.05 Å². The van der Waals surface area contributed by atoms with E-state index in [4.69, 9.17) is 11.6 Å². The fraction of sp³-hybridized carbons (Fsp3) is 0.318. The topological polar surface area (TPSA) is 39.0 Å². The molecule has 2 rings (SSSR count). The molecule has 0 aliphatic carbocycles. The molecule has 0 spiro atoms. The first-order valence-corrected chi connectivity index (χ1v) is 10.5. The summed E-state index contributed by atoms with van der Waals surface area (Å²) in [4.78, 5) is 13.8. The first-order chi connectivity index (χ1) is 13.4. The van der Waals surface area contributed by atoms with Crippen LogP contribution < -0.4 is 11.0 Å². The molecule has 0 fully saturated rings. The van der Waals surface area contributed by atoms with E-state index in [1.807, 2.05) is 68.8 Å². The highest BCUT2D eigenvalue weighted by Gasteiger charge is 2.20. The summed E-state index contributed by atoms with van der Waals surface area (Å²) in [6, 6.07) is 7.76. The maximum Gasteiger partial charge on any atom is 0.329 e. The van der Waals surface area contributed by atoms with Crippen molar-refractivity contribution in [1.82, 2.24) is 14.5 Å². The second-order valence-corrected chi connectivity index (χ2v) is 8.20. The van der Waals surface area contributed by atoms with Crippen LogP contribution in [0.4, 0.5) is 0 Å². The largest absolute Gasteiger partial charge is 0.329 e. The predicted molar refractivity (Wildman–Crippen MR) is 120 cm³/mol. The van der Waals surface area contributed by atoms with Gasteiger partial charge in [0.2, 0.25) is 0 Å². The summed E-state index contributed by atoms with van der Waals surface area (Å²) in [5.74, 6) is 0. The number of benzene rings is 1. The van der Waals surface area contributed by atoms with Crippen LogP contribution >= 0.6 is 23.4 Å². The van der Waals surface area contributed by atoms with Crippen molar-refractivity contribution >= 4 is 23.4 Å². The Balaban J connectivity index is 2.35. The Kier molecular flexibility index (Phi) is 8.42. The van der Waals surface area contributed by atoms with Gasteiger partial charge < -0.3 is 5.32 Å². The predicted octanol–water partition coefficient (Wildman–Crippen LogP) is 5.35. The number of allylic oxidation sites excluding steroid dienone is 3. The number of hydrogen-bond donors (Lipinski definition) is 1. The van der Waals surface area contributed by atoms with Gasteiger partial charge in [0.25, 0.3) is 0 Å². The van der Waals surface area contributed by atoms with Gasteiger partial charge in [0, 0.05) is 36.1 Å². The molecule has 2 aromatic rings. The molecule has 0 saturated carbocycles. The lowest BCUT2D eigenvalue weighted by molar-refractivity contribution is 0.532. The summed E-state index contributed by atoms with van der Waals surface area (Å²) >= 11 is 7.72. The third kappa shape index (κ3) is 5.53. The lowest BCUT2D eigenvalue weighted by atomic mass is 10.2. The van der Waals surface area contributed by atoms with Crippen LogP contribution in [-0.4, -0.2) is 15.7 Å². The number of rotatable bonds is 9. The van der Waals surface area contributed by atoms with Crippen LogP contribution in [0.3, 0.4) is 0 Å². The smallest absolute Gasteiger partial charge is 0.307 e. The van der Waals surface area contributed by atoms with Gasteiger partial charge in [-0.25, -0.2) is 4.79 Å². The van der Waals surface area contributed by atoms with Gasteiger partial charge in [0.15, 0.2) is 0 Å². The van der Waals surface area contributed by atoms with E-state index < -0.39 is 0 Å². The van der Waals surface area contributed by atoms with Crippen LogP contribution in [-0.2, 0) is 13.6 Å². The van der Waals surface area contributed by atoms with Crippen LogP contribution in [0.15, 0.2) is 75.4 Å². The number of imidazole rings is 1. The SMILES string of the molecule is C=C/C=C(\C=C/C)CNCc1c(Sc2cccc(Cl)c2)n(C(C)C)c(=O)n1C. The van der Waals surface area contributed by atoms with Crippen molar-refractivity contribution in [3.63, 3.8) is 0 Å². The maximum absolute atomic E-state index is 12.8. The van der Waals surface area contributed by atoms with Crippen LogP contribution in [0.25, 0.3) is 0 Å². The molecule has 6 heteroatoms. The monoisotopic (exact) mass is 417 g/mol. The summed E-state index contributed by atoms with van der Waals surface area (Å²) in [6.45, 7) is 11.1. The first kappa shape index (κ1) is 22.3. The van der Waals surface area contributed by atoms with E-state index in [-0.39, 0.29) is 11.7 Å². The Bertz CT molecular complexity index is 938. The average Bonchev–Trinajstić information content (AvgIpc) is 2.86. The zero-order valence-electron chi connectivity index (χ0n) is 16.9. The van der Waals surface area contributed by atoms with E-state index in [0.717, 1.165) is 21.2 Å². The highest BCUT2D eigenvalue weighted by atomic mass is 35.5. The van der Waals surface area contributed by atoms with Gasteiger partial charge in [0.05, 0.1) is 5.69 Å². The van der Waals surface area contributed by atoms with Crippen molar-refractivity contribution in [1.29, 1.82) is 0 Å². The molecule has 1 aromatic carbocycles. The molecule has 1 aromatic heterocycles. The first-order valence-electron chi connectivity index (χ1n) is 9.27. The zero-order valence-corrected chi connectivity index (χ0v) is 18.5. The van der Waals surface area contributed by atoms with Crippen LogP contribution in [0.5, 0.6) is 0 Å². The van der Waals surface area contributed by atoms with Gasteiger partial charge in [-0.1, -0.05) is 60.3 Å². The molecule has 28 heavy (non-hydrogen) atoms. The number of nitrogens with zero attached hydrogens (tertiary/aromatic N) is 2. The Hall–Kier alpha value is -1.95. The molecular formula is C22H28ClN3OS. The minimum atomic E-state index is -0.00774. The minimum Gasteiger partial charge on any atom is -0.307 e. The second-order valence-electron chi connectivity index (χ2n) is 6.70. The van der Waals surface area contributed by atoms with Crippen molar-refractivity contribution in [2.45, 2.75) is 43.3 Å². The van der Waals surface area contributed by atoms with Crippen LogP contribution in [0.1, 0.15) is 32.5 Å². The third-order valence-corrected chi connectivity index (χ3v) is 5.58. The molecule has 0 radical (unpaired) electrons. The molecule has 1 heterocycles. The lowest BCUT2D eigenvalue weighted by Gasteiger charge is -2.13. The molecule has 0 aliphatic heterocycles. The fourth-order valence-electron chi connectivity index (χ4n) is 2.91. The molecule has 0 saturated heterocycles. The summed E-state index contributed by atoms with van der Waals surface area (Å²) in [6.07, 6.45) is 7.81. The fourth-order valence-corrected chi connectivity index (χ4v) is 4.44. The number of hydrogen-bond acceptors (Lipinski definition) is 3. The van der Waals surface area contributed by atoms with Crippen molar-refractivity contribution in [3.8, 4) is 0 Å². The molecule has 0 unspecified atom stereocenters. The molecule has 0 bridgehead atoms. The Labute approximate surface area is 176 Å². The average molecular weight is 418 g/mol. The summed E-state index contributed by atoms with van der Waals surface area (Å²) in [5, 5.41) is 5.08. The Morgan fingerprint density at radius 3 is 2.75 bits per heavy atom. The van der Waals surface area contributed by atoms with Crippen LogP contribution in [0, 0.1) is 0 Å².